The van der Waals surface area contributed by atoms with Crippen LogP contribution in [0.3, 0.4) is 0 Å². The normalized spacial score (nSPS) is 24.1. The number of carbonyl (C=O) groups excluding carboxylic acids is 3. The molecule has 2 aliphatic heterocycles. The zero-order chi connectivity index (χ0) is 19.7. The number of hydrogen-bond donors (Lipinski definition) is 2. The lowest BCUT2D eigenvalue weighted by molar-refractivity contribution is -0.151. The van der Waals surface area contributed by atoms with Gasteiger partial charge in [0.2, 0.25) is 5.91 Å². The van der Waals surface area contributed by atoms with Crippen LogP contribution in [0.4, 0.5) is 0 Å². The molecule has 0 bridgehead atoms. The molecule has 0 aliphatic carbocycles. The highest BCUT2D eigenvalue weighted by Gasteiger charge is 2.57. The van der Waals surface area contributed by atoms with Crippen LogP contribution < -0.4 is 5.32 Å². The number of aliphatic carboxylic acids is 1. The molecule has 11 heteroatoms. The van der Waals surface area contributed by atoms with Crippen LogP contribution in [-0.2, 0) is 41.1 Å². The van der Waals surface area contributed by atoms with Crippen molar-refractivity contribution in [1.29, 1.82) is 0 Å². The van der Waals surface area contributed by atoms with Crippen molar-refractivity contribution >= 4 is 45.9 Å². The van der Waals surface area contributed by atoms with Gasteiger partial charge in [0.15, 0.2) is 0 Å². The maximum Gasteiger partial charge on any atom is 0.352 e. The number of thiophene rings is 1. The number of esters is 1. The molecular formula is C16H16N2O7S2. The third-order valence-corrected chi connectivity index (χ3v) is 6.62. The number of rotatable bonds is 6. The summed E-state index contributed by atoms with van der Waals surface area (Å²) in [6.07, 6.45) is 0.0835. The Bertz CT molecular complexity index is 862. The molecule has 0 radical (unpaired) electrons. The van der Waals surface area contributed by atoms with Crippen LogP contribution in [0.1, 0.15) is 11.8 Å². The van der Waals surface area contributed by atoms with Crippen LogP contribution in [0.15, 0.2) is 28.8 Å². The fraction of sp³-hybridized carbons (Fsp3) is 0.375. The molecule has 2 aliphatic rings. The van der Waals surface area contributed by atoms with Gasteiger partial charge in [0, 0.05) is 17.4 Å². The van der Waals surface area contributed by atoms with Gasteiger partial charge in [-0.05, 0) is 11.4 Å². The first-order valence-electron chi connectivity index (χ1n) is 7.90. The van der Waals surface area contributed by atoms with E-state index in [2.05, 4.69) is 5.32 Å². The zero-order valence-corrected chi connectivity index (χ0v) is 15.8. The van der Waals surface area contributed by atoms with Crippen molar-refractivity contribution in [3.63, 3.8) is 0 Å². The van der Waals surface area contributed by atoms with E-state index >= 15 is 0 Å². The van der Waals surface area contributed by atoms with Crippen molar-refractivity contribution in [3.8, 4) is 0 Å². The summed E-state index contributed by atoms with van der Waals surface area (Å²) in [7, 11) is -1.64. The Morgan fingerprint density at radius 3 is 2.78 bits per heavy atom. The predicted molar refractivity (Wildman–Crippen MR) is 94.9 cm³/mol. The van der Waals surface area contributed by atoms with Crippen LogP contribution in [-0.4, -0.2) is 61.7 Å². The van der Waals surface area contributed by atoms with Crippen LogP contribution >= 0.6 is 11.3 Å². The SMILES string of the molecule is CC(=O)OCC1=C(C(=O)O)N2C(=O)C(NC(=O)Cc3cccs3)[C@H]2S(=O)C1. The lowest BCUT2D eigenvalue weighted by Crippen LogP contribution is -2.73. The van der Waals surface area contributed by atoms with Crippen molar-refractivity contribution in [1.82, 2.24) is 10.2 Å². The van der Waals surface area contributed by atoms with E-state index in [-0.39, 0.29) is 30.1 Å². The Balaban J connectivity index is 1.76. The summed E-state index contributed by atoms with van der Waals surface area (Å²) in [5, 5.41) is 12.9. The first-order valence-corrected chi connectivity index (χ1v) is 10.2. The molecule has 1 saturated heterocycles. The molecule has 0 saturated carbocycles. The van der Waals surface area contributed by atoms with Gasteiger partial charge in [-0.25, -0.2) is 4.79 Å². The minimum atomic E-state index is -1.64. The first kappa shape index (κ1) is 19.2. The van der Waals surface area contributed by atoms with Crippen LogP contribution in [0.2, 0.25) is 0 Å². The number of hydrogen-bond acceptors (Lipinski definition) is 7. The molecule has 27 heavy (non-hydrogen) atoms. The predicted octanol–water partition coefficient (Wildman–Crippen LogP) is -0.392. The number of amides is 2. The summed E-state index contributed by atoms with van der Waals surface area (Å²) in [6, 6.07) is 2.54. The van der Waals surface area contributed by atoms with Gasteiger partial charge < -0.3 is 15.2 Å². The van der Waals surface area contributed by atoms with Gasteiger partial charge in [-0.15, -0.1) is 11.3 Å². The van der Waals surface area contributed by atoms with E-state index < -0.39 is 46.0 Å². The van der Waals surface area contributed by atoms with E-state index in [4.69, 9.17) is 4.74 Å². The maximum atomic E-state index is 12.5. The second-order valence-corrected chi connectivity index (χ2v) is 8.53. The molecule has 144 valence electrons. The van der Waals surface area contributed by atoms with Crippen molar-refractivity contribution in [2.45, 2.75) is 24.8 Å². The smallest absolute Gasteiger partial charge is 0.352 e. The van der Waals surface area contributed by atoms with Gasteiger partial charge in [-0.2, -0.15) is 0 Å². The molecule has 3 atom stereocenters. The number of carbonyl (C=O) groups is 4. The fourth-order valence-corrected chi connectivity index (χ4v) is 5.32. The molecule has 3 heterocycles. The average molecular weight is 412 g/mol. The second-order valence-electron chi connectivity index (χ2n) is 5.96. The summed E-state index contributed by atoms with van der Waals surface area (Å²) >= 11 is 1.40. The molecule has 3 rings (SSSR count). The minimum Gasteiger partial charge on any atom is -0.477 e. The van der Waals surface area contributed by atoms with Crippen LogP contribution in [0.25, 0.3) is 0 Å². The number of carboxylic acids is 1. The van der Waals surface area contributed by atoms with Crippen molar-refractivity contribution in [2.75, 3.05) is 12.4 Å². The number of carboxylic acid groups (broad SMARTS) is 1. The Morgan fingerprint density at radius 2 is 2.19 bits per heavy atom. The number of nitrogens with zero attached hydrogens (tertiary/aromatic N) is 1. The molecule has 0 spiro atoms. The molecule has 1 aromatic heterocycles. The Hall–Kier alpha value is -2.53. The summed E-state index contributed by atoms with van der Waals surface area (Å²) in [5.41, 5.74) is -0.237. The van der Waals surface area contributed by atoms with Gasteiger partial charge >= 0.3 is 11.9 Å². The summed E-state index contributed by atoms with van der Waals surface area (Å²) < 4.78 is 17.3. The molecule has 2 unspecified atom stereocenters. The Morgan fingerprint density at radius 1 is 1.44 bits per heavy atom. The third-order valence-electron chi connectivity index (χ3n) is 4.09. The summed E-state index contributed by atoms with van der Waals surface area (Å²) in [5.74, 6) is -3.20. The minimum absolute atomic E-state index is 0.0835. The first-order chi connectivity index (χ1) is 12.8. The van der Waals surface area contributed by atoms with E-state index in [0.717, 1.165) is 16.7 Å². The van der Waals surface area contributed by atoms with Gasteiger partial charge in [0.05, 0.1) is 23.0 Å². The average Bonchev–Trinajstić information content (AvgIpc) is 3.09. The molecule has 1 aromatic rings. The fourth-order valence-electron chi connectivity index (χ4n) is 2.95. The highest BCUT2D eigenvalue weighted by atomic mass is 32.2. The maximum absolute atomic E-state index is 12.5. The number of fused-ring (bicyclic) bond motifs is 1. The third kappa shape index (κ3) is 3.78. The molecule has 2 amide bonds. The van der Waals surface area contributed by atoms with Gasteiger partial charge in [0.25, 0.3) is 5.91 Å². The Kier molecular flexibility index (Phi) is 5.42. The van der Waals surface area contributed by atoms with Crippen LogP contribution in [0.5, 0.6) is 0 Å². The van der Waals surface area contributed by atoms with E-state index in [0.29, 0.717) is 0 Å². The molecule has 0 aromatic carbocycles. The highest BCUT2D eigenvalue weighted by Crippen LogP contribution is 2.35. The quantitative estimate of drug-likeness (QED) is 0.481. The van der Waals surface area contributed by atoms with Gasteiger partial charge in [-0.1, -0.05) is 6.07 Å². The lowest BCUT2D eigenvalue weighted by Gasteiger charge is -2.49. The van der Waals surface area contributed by atoms with Crippen molar-refractivity contribution in [2.24, 2.45) is 0 Å². The van der Waals surface area contributed by atoms with E-state index in [9.17, 15) is 28.5 Å². The number of nitrogens with one attached hydrogen (secondary N) is 1. The number of β-lactam (4-membered cyclic amide) rings is 1. The van der Waals surface area contributed by atoms with E-state index in [1.54, 1.807) is 12.1 Å². The van der Waals surface area contributed by atoms with E-state index in [1.165, 1.54) is 11.3 Å². The molecule has 2 N–H and O–H groups in total. The van der Waals surface area contributed by atoms with Crippen LogP contribution in [0, 0.1) is 0 Å². The molecule has 1 fully saturated rings. The monoisotopic (exact) mass is 412 g/mol. The van der Waals surface area contributed by atoms with E-state index in [1.807, 2.05) is 5.38 Å². The van der Waals surface area contributed by atoms with Crippen molar-refractivity contribution in [3.05, 3.63) is 33.7 Å². The molecular weight excluding hydrogens is 396 g/mol. The summed E-state index contributed by atoms with van der Waals surface area (Å²) in [6.45, 7) is 0.812. The Labute approximate surface area is 160 Å². The standard InChI is InChI=1S/C16H16N2O7S2/c1-8(19)25-6-9-7-27(24)15-12(14(21)18(15)13(9)16(22)23)17-11(20)5-10-3-2-4-26-10/h2-4,12,15H,5-7H2,1H3,(H,17,20)(H,22,23)/t12?,15-,27?/m1/s1. The lowest BCUT2D eigenvalue weighted by atomic mass is 10.0. The van der Waals surface area contributed by atoms with Gasteiger partial charge in [-0.3, -0.25) is 23.5 Å². The van der Waals surface area contributed by atoms with Gasteiger partial charge in [0.1, 0.15) is 23.7 Å². The highest BCUT2D eigenvalue weighted by molar-refractivity contribution is 7.86. The summed E-state index contributed by atoms with van der Waals surface area (Å²) in [4.78, 5) is 48.9. The number of ether oxygens (including phenoxy) is 1. The topological polar surface area (TPSA) is 130 Å². The largest absolute Gasteiger partial charge is 0.477 e. The molecule has 9 nitrogen and oxygen atoms in total. The van der Waals surface area contributed by atoms with Crippen molar-refractivity contribution < 1.29 is 33.2 Å². The second kappa shape index (κ2) is 7.61. The zero-order valence-electron chi connectivity index (χ0n) is 14.2.